The van der Waals surface area contributed by atoms with Crippen molar-refractivity contribution in [2.24, 2.45) is 0 Å². The topological polar surface area (TPSA) is 58.8 Å². The number of hydrogen-bond acceptors (Lipinski definition) is 5. The van der Waals surface area contributed by atoms with Gasteiger partial charge in [-0.05, 0) is 40.1 Å². The number of para-hydroxylation sites is 1. The van der Waals surface area contributed by atoms with E-state index in [-0.39, 0.29) is 12.0 Å². The van der Waals surface area contributed by atoms with E-state index in [4.69, 9.17) is 10.5 Å². The molecule has 5 nitrogen and oxygen atoms in total. The third kappa shape index (κ3) is 3.63. The molecule has 0 aliphatic rings. The van der Waals surface area contributed by atoms with Gasteiger partial charge in [0.2, 0.25) is 0 Å². The van der Waals surface area contributed by atoms with Gasteiger partial charge in [-0.25, -0.2) is 4.79 Å². The maximum atomic E-state index is 11.9. The van der Waals surface area contributed by atoms with Crippen LogP contribution in [-0.2, 0) is 4.74 Å². The van der Waals surface area contributed by atoms with Gasteiger partial charge in [0, 0.05) is 19.1 Å². The van der Waals surface area contributed by atoms with Crippen molar-refractivity contribution in [3.05, 3.63) is 23.8 Å². The molecule has 0 spiro atoms. The second-order valence-corrected chi connectivity index (χ2v) is 5.13. The lowest BCUT2D eigenvalue weighted by Gasteiger charge is -2.34. The Morgan fingerprint density at radius 1 is 1.40 bits per heavy atom. The zero-order chi connectivity index (χ0) is 15.3. The third-order valence-corrected chi connectivity index (χ3v) is 3.26. The Labute approximate surface area is 121 Å². The summed E-state index contributed by atoms with van der Waals surface area (Å²) in [5.74, 6) is -0.359. The van der Waals surface area contributed by atoms with Crippen molar-refractivity contribution in [3.63, 3.8) is 0 Å². The summed E-state index contributed by atoms with van der Waals surface area (Å²) in [5.41, 5.74) is 7.97. The monoisotopic (exact) mass is 279 g/mol. The zero-order valence-electron chi connectivity index (χ0n) is 13.0. The minimum Gasteiger partial charge on any atom is -0.465 e. The number of rotatable bonds is 6. The molecule has 0 fully saturated rings. The predicted molar refractivity (Wildman–Crippen MR) is 83.2 cm³/mol. The van der Waals surface area contributed by atoms with Gasteiger partial charge in [0.25, 0.3) is 0 Å². The van der Waals surface area contributed by atoms with Crippen molar-refractivity contribution in [2.75, 3.05) is 44.9 Å². The standard InChI is InChI=1S/C15H25N3O2/c1-6-18(11(2)10-17(3)4)14-12(15(19)20-5)8-7-9-13(14)16/h7-9,11H,6,10,16H2,1-5H3. The summed E-state index contributed by atoms with van der Waals surface area (Å²) in [6.07, 6.45) is 0. The van der Waals surface area contributed by atoms with E-state index in [1.54, 1.807) is 12.1 Å². The summed E-state index contributed by atoms with van der Waals surface area (Å²) in [4.78, 5) is 16.2. The Morgan fingerprint density at radius 3 is 2.55 bits per heavy atom. The molecule has 1 atom stereocenters. The number of benzene rings is 1. The SMILES string of the molecule is CCN(c1c(N)cccc1C(=O)OC)C(C)CN(C)C. The number of carbonyl (C=O) groups excluding carboxylic acids is 1. The minimum absolute atomic E-state index is 0.239. The number of carbonyl (C=O) groups is 1. The lowest BCUT2D eigenvalue weighted by molar-refractivity contribution is 0.0601. The number of nitrogen functional groups attached to an aromatic ring is 1. The number of likely N-dealkylation sites (N-methyl/N-ethyl adjacent to an activating group) is 2. The van der Waals surface area contributed by atoms with E-state index in [1.807, 2.05) is 20.2 Å². The Balaban J connectivity index is 3.23. The molecule has 0 amide bonds. The smallest absolute Gasteiger partial charge is 0.340 e. The summed E-state index contributed by atoms with van der Waals surface area (Å²) in [6, 6.07) is 5.58. The lowest BCUT2D eigenvalue weighted by Crippen LogP contribution is -2.41. The summed E-state index contributed by atoms with van der Waals surface area (Å²) in [5, 5.41) is 0. The highest BCUT2D eigenvalue weighted by molar-refractivity contribution is 5.99. The molecule has 112 valence electrons. The number of hydrogen-bond donors (Lipinski definition) is 1. The van der Waals surface area contributed by atoms with Crippen LogP contribution < -0.4 is 10.6 Å². The van der Waals surface area contributed by atoms with E-state index >= 15 is 0 Å². The van der Waals surface area contributed by atoms with Crippen LogP contribution in [0.1, 0.15) is 24.2 Å². The Hall–Kier alpha value is -1.75. The van der Waals surface area contributed by atoms with Crippen molar-refractivity contribution >= 4 is 17.3 Å². The van der Waals surface area contributed by atoms with Crippen LogP contribution in [0.25, 0.3) is 0 Å². The molecule has 0 heterocycles. The van der Waals surface area contributed by atoms with Crippen LogP contribution in [0.3, 0.4) is 0 Å². The van der Waals surface area contributed by atoms with Crippen LogP contribution in [0.15, 0.2) is 18.2 Å². The first-order valence-electron chi connectivity index (χ1n) is 6.80. The van der Waals surface area contributed by atoms with Crippen molar-refractivity contribution in [3.8, 4) is 0 Å². The number of nitrogens with two attached hydrogens (primary N) is 1. The van der Waals surface area contributed by atoms with Gasteiger partial charge in [0.1, 0.15) is 0 Å². The summed E-state index contributed by atoms with van der Waals surface area (Å²) in [7, 11) is 5.44. The first-order chi connectivity index (χ1) is 9.42. The number of methoxy groups -OCH3 is 1. The molecule has 1 rings (SSSR count). The highest BCUT2D eigenvalue weighted by atomic mass is 16.5. The molecular weight excluding hydrogens is 254 g/mol. The maximum absolute atomic E-state index is 11.9. The minimum atomic E-state index is -0.359. The number of ether oxygens (including phenoxy) is 1. The summed E-state index contributed by atoms with van der Waals surface area (Å²) < 4.78 is 4.86. The van der Waals surface area contributed by atoms with Crippen molar-refractivity contribution < 1.29 is 9.53 Å². The van der Waals surface area contributed by atoms with Gasteiger partial charge >= 0.3 is 5.97 Å². The fraction of sp³-hybridized carbons (Fsp3) is 0.533. The average molecular weight is 279 g/mol. The van der Waals surface area contributed by atoms with Gasteiger partial charge in [0.15, 0.2) is 0 Å². The maximum Gasteiger partial charge on any atom is 0.340 e. The predicted octanol–water partition coefficient (Wildman–Crippen LogP) is 1.83. The fourth-order valence-electron chi connectivity index (χ4n) is 2.47. The van der Waals surface area contributed by atoms with Crippen molar-refractivity contribution in [1.29, 1.82) is 0 Å². The van der Waals surface area contributed by atoms with Gasteiger partial charge in [-0.3, -0.25) is 0 Å². The molecule has 2 N–H and O–H groups in total. The molecule has 5 heteroatoms. The fourth-order valence-corrected chi connectivity index (χ4v) is 2.47. The van der Waals surface area contributed by atoms with Crippen molar-refractivity contribution in [1.82, 2.24) is 4.90 Å². The molecule has 1 aromatic carbocycles. The van der Waals surface area contributed by atoms with Crippen molar-refractivity contribution in [2.45, 2.75) is 19.9 Å². The van der Waals surface area contributed by atoms with Gasteiger partial charge in [-0.1, -0.05) is 6.07 Å². The van der Waals surface area contributed by atoms with E-state index in [0.717, 1.165) is 18.8 Å². The first-order valence-corrected chi connectivity index (χ1v) is 6.80. The molecule has 0 aliphatic heterocycles. The van der Waals surface area contributed by atoms with E-state index in [2.05, 4.69) is 23.6 Å². The molecule has 20 heavy (non-hydrogen) atoms. The Bertz CT molecular complexity index is 460. The summed E-state index contributed by atoms with van der Waals surface area (Å²) in [6.45, 7) is 5.83. The second kappa shape index (κ2) is 7.14. The number of anilines is 2. The molecular formula is C15H25N3O2. The highest BCUT2D eigenvalue weighted by Gasteiger charge is 2.22. The van der Waals surface area contributed by atoms with Crippen LogP contribution in [0.5, 0.6) is 0 Å². The number of esters is 1. The Kier molecular flexibility index (Phi) is 5.82. The highest BCUT2D eigenvalue weighted by Crippen LogP contribution is 2.30. The van der Waals surface area contributed by atoms with Crippen LogP contribution in [0, 0.1) is 0 Å². The Morgan fingerprint density at radius 2 is 2.05 bits per heavy atom. The van der Waals surface area contributed by atoms with Gasteiger partial charge in [-0.15, -0.1) is 0 Å². The quantitative estimate of drug-likeness (QED) is 0.636. The summed E-state index contributed by atoms with van der Waals surface area (Å²) >= 11 is 0. The molecule has 0 saturated carbocycles. The van der Waals surface area contributed by atoms with Crippen LogP contribution >= 0.6 is 0 Å². The molecule has 1 unspecified atom stereocenters. The molecule has 1 aromatic rings. The lowest BCUT2D eigenvalue weighted by atomic mass is 10.1. The van der Waals surface area contributed by atoms with Crippen LogP contribution in [0.2, 0.25) is 0 Å². The van der Waals surface area contributed by atoms with Gasteiger partial charge in [-0.2, -0.15) is 0 Å². The molecule has 0 aromatic heterocycles. The van der Waals surface area contributed by atoms with E-state index in [0.29, 0.717) is 11.3 Å². The van der Waals surface area contributed by atoms with Gasteiger partial charge in [0.05, 0.1) is 24.0 Å². The molecule has 0 bridgehead atoms. The second-order valence-electron chi connectivity index (χ2n) is 5.13. The first kappa shape index (κ1) is 16.3. The van der Waals surface area contributed by atoms with E-state index < -0.39 is 0 Å². The number of nitrogens with zero attached hydrogens (tertiary/aromatic N) is 2. The zero-order valence-corrected chi connectivity index (χ0v) is 13.0. The van der Waals surface area contributed by atoms with Gasteiger partial charge < -0.3 is 20.3 Å². The largest absolute Gasteiger partial charge is 0.465 e. The normalized spacial score (nSPS) is 12.3. The van der Waals surface area contributed by atoms with E-state index in [1.165, 1.54) is 7.11 Å². The molecule has 0 radical (unpaired) electrons. The van der Waals surface area contributed by atoms with Crippen LogP contribution in [-0.4, -0.2) is 51.2 Å². The average Bonchev–Trinajstić information content (AvgIpc) is 2.39. The van der Waals surface area contributed by atoms with E-state index in [9.17, 15) is 4.79 Å². The van der Waals surface area contributed by atoms with Crippen LogP contribution in [0.4, 0.5) is 11.4 Å². The molecule has 0 aliphatic carbocycles. The third-order valence-electron chi connectivity index (χ3n) is 3.26. The molecule has 0 saturated heterocycles.